The summed E-state index contributed by atoms with van der Waals surface area (Å²) in [4.78, 5) is 2.28. The van der Waals surface area contributed by atoms with Gasteiger partial charge in [0.1, 0.15) is 5.75 Å². The SMILES string of the molecule is Cc1cccc(N(C)Cc2ccccc2)c1Pc1ccccc1O. The van der Waals surface area contributed by atoms with E-state index in [-0.39, 0.29) is 0 Å². The van der Waals surface area contributed by atoms with E-state index in [1.54, 1.807) is 6.07 Å². The van der Waals surface area contributed by atoms with Crippen LogP contribution in [-0.2, 0) is 6.54 Å². The number of hydrogen-bond donors (Lipinski definition) is 1. The highest BCUT2D eigenvalue weighted by molar-refractivity contribution is 7.56. The third-order valence-corrected chi connectivity index (χ3v) is 5.68. The van der Waals surface area contributed by atoms with E-state index in [4.69, 9.17) is 0 Å². The second-order valence-corrected chi connectivity index (χ2v) is 7.24. The summed E-state index contributed by atoms with van der Waals surface area (Å²) in [5, 5.41) is 12.4. The zero-order valence-corrected chi connectivity index (χ0v) is 15.0. The van der Waals surface area contributed by atoms with Gasteiger partial charge in [0.05, 0.1) is 0 Å². The number of rotatable bonds is 5. The highest BCUT2D eigenvalue weighted by atomic mass is 31.1. The lowest BCUT2D eigenvalue weighted by atomic mass is 10.1. The molecule has 122 valence electrons. The van der Waals surface area contributed by atoms with Gasteiger partial charge in [-0.05, 0) is 30.2 Å². The summed E-state index contributed by atoms with van der Waals surface area (Å²) >= 11 is 0. The topological polar surface area (TPSA) is 23.5 Å². The average Bonchev–Trinajstić information content (AvgIpc) is 2.59. The molecule has 0 saturated carbocycles. The fourth-order valence-corrected chi connectivity index (χ4v) is 4.13. The molecule has 0 aliphatic heterocycles. The zero-order chi connectivity index (χ0) is 16.9. The minimum atomic E-state index is 0.371. The molecule has 3 aromatic rings. The quantitative estimate of drug-likeness (QED) is 0.713. The van der Waals surface area contributed by atoms with E-state index in [2.05, 4.69) is 61.3 Å². The van der Waals surface area contributed by atoms with Crippen LogP contribution >= 0.6 is 8.58 Å². The van der Waals surface area contributed by atoms with Gasteiger partial charge in [0.15, 0.2) is 0 Å². The molecule has 0 aromatic heterocycles. The van der Waals surface area contributed by atoms with Gasteiger partial charge in [-0.15, -0.1) is 0 Å². The predicted octanol–water partition coefficient (Wildman–Crippen LogP) is 3.97. The minimum absolute atomic E-state index is 0.371. The average molecular weight is 335 g/mol. The van der Waals surface area contributed by atoms with Crippen LogP contribution in [0.3, 0.4) is 0 Å². The Morgan fingerprint density at radius 2 is 1.58 bits per heavy atom. The lowest BCUT2D eigenvalue weighted by molar-refractivity contribution is 0.480. The highest BCUT2D eigenvalue weighted by Gasteiger charge is 2.12. The first kappa shape index (κ1) is 16.5. The summed E-state index contributed by atoms with van der Waals surface area (Å²) in [5.41, 5.74) is 3.77. The molecular formula is C21H22NOP. The molecule has 1 unspecified atom stereocenters. The summed E-state index contributed by atoms with van der Waals surface area (Å²) in [5.74, 6) is 0.371. The molecule has 0 aliphatic rings. The fraction of sp³-hybridized carbons (Fsp3) is 0.143. The molecule has 0 fully saturated rings. The van der Waals surface area contributed by atoms with E-state index >= 15 is 0 Å². The van der Waals surface area contributed by atoms with E-state index in [0.717, 1.165) is 11.8 Å². The summed E-state index contributed by atoms with van der Waals surface area (Å²) in [6.07, 6.45) is 0. The molecule has 1 N–H and O–H groups in total. The van der Waals surface area contributed by atoms with Crippen LogP contribution in [0, 0.1) is 6.92 Å². The van der Waals surface area contributed by atoms with Crippen LogP contribution in [0.2, 0.25) is 0 Å². The van der Waals surface area contributed by atoms with Crippen LogP contribution in [0.15, 0.2) is 72.8 Å². The van der Waals surface area contributed by atoms with E-state index < -0.39 is 0 Å². The van der Waals surface area contributed by atoms with Crippen LogP contribution < -0.4 is 15.5 Å². The number of nitrogens with zero attached hydrogens (tertiary/aromatic N) is 1. The van der Waals surface area contributed by atoms with E-state index in [0.29, 0.717) is 14.3 Å². The maximum atomic E-state index is 10.1. The van der Waals surface area contributed by atoms with Gasteiger partial charge in [-0.25, -0.2) is 0 Å². The van der Waals surface area contributed by atoms with E-state index in [1.165, 1.54) is 22.1 Å². The Bertz CT molecular complexity index is 817. The monoisotopic (exact) mass is 335 g/mol. The third kappa shape index (κ3) is 3.77. The van der Waals surface area contributed by atoms with Crippen molar-refractivity contribution in [3.05, 3.63) is 83.9 Å². The normalized spacial score (nSPS) is 11.1. The molecule has 0 heterocycles. The van der Waals surface area contributed by atoms with Crippen molar-refractivity contribution in [1.29, 1.82) is 0 Å². The van der Waals surface area contributed by atoms with Gasteiger partial charge in [0.25, 0.3) is 0 Å². The Balaban J connectivity index is 1.91. The molecule has 24 heavy (non-hydrogen) atoms. The van der Waals surface area contributed by atoms with Crippen molar-refractivity contribution in [2.75, 3.05) is 11.9 Å². The molecule has 0 bridgehead atoms. The molecular weight excluding hydrogens is 313 g/mol. The lowest BCUT2D eigenvalue weighted by Crippen LogP contribution is -2.23. The maximum absolute atomic E-state index is 10.1. The van der Waals surface area contributed by atoms with Crippen molar-refractivity contribution < 1.29 is 5.11 Å². The fourth-order valence-electron chi connectivity index (χ4n) is 2.79. The summed E-state index contributed by atoms with van der Waals surface area (Å²) in [7, 11) is 2.56. The lowest BCUT2D eigenvalue weighted by Gasteiger charge is -2.24. The van der Waals surface area contributed by atoms with Crippen LogP contribution in [0.4, 0.5) is 5.69 Å². The minimum Gasteiger partial charge on any atom is -0.507 e. The van der Waals surface area contributed by atoms with Crippen molar-refractivity contribution in [3.63, 3.8) is 0 Å². The third-order valence-electron chi connectivity index (χ3n) is 4.09. The number of anilines is 1. The van der Waals surface area contributed by atoms with Gasteiger partial charge in [0.2, 0.25) is 0 Å². The first-order chi connectivity index (χ1) is 11.6. The molecule has 3 aromatic carbocycles. The molecule has 3 rings (SSSR count). The first-order valence-electron chi connectivity index (χ1n) is 8.05. The van der Waals surface area contributed by atoms with E-state index in [1.807, 2.05) is 24.3 Å². The Labute approximate surface area is 145 Å². The Morgan fingerprint density at radius 3 is 2.33 bits per heavy atom. The van der Waals surface area contributed by atoms with Gasteiger partial charge in [-0.3, -0.25) is 0 Å². The molecule has 2 nitrogen and oxygen atoms in total. The number of para-hydroxylation sites is 1. The van der Waals surface area contributed by atoms with Gasteiger partial charge >= 0.3 is 0 Å². The molecule has 3 heteroatoms. The standard InChI is InChI=1S/C21H22NOP/c1-16-9-8-12-18(22(2)15-17-10-4-3-5-11-17)21(16)24-20-14-7-6-13-19(20)23/h3-14,23-24H,15H2,1-2H3. The van der Waals surface area contributed by atoms with E-state index in [9.17, 15) is 5.11 Å². The predicted molar refractivity (Wildman–Crippen MR) is 105 cm³/mol. The molecule has 0 saturated heterocycles. The molecule has 0 aliphatic carbocycles. The first-order valence-corrected chi connectivity index (χ1v) is 9.05. The highest BCUT2D eigenvalue weighted by Crippen LogP contribution is 2.26. The molecule has 0 radical (unpaired) electrons. The molecule has 0 amide bonds. The molecule has 0 spiro atoms. The second kappa shape index (κ2) is 7.51. The number of hydrogen-bond acceptors (Lipinski definition) is 2. The van der Waals surface area contributed by atoms with Gasteiger partial charge in [-0.2, -0.15) is 0 Å². The summed E-state index contributed by atoms with van der Waals surface area (Å²) in [6.45, 7) is 3.00. The Morgan fingerprint density at radius 1 is 0.875 bits per heavy atom. The Hall–Kier alpha value is -2.31. The number of aromatic hydroxyl groups is 1. The number of aryl methyl sites for hydroxylation is 1. The van der Waals surface area contributed by atoms with Crippen LogP contribution in [0.25, 0.3) is 0 Å². The van der Waals surface area contributed by atoms with Crippen LogP contribution in [0.5, 0.6) is 5.75 Å². The zero-order valence-electron chi connectivity index (χ0n) is 14.0. The van der Waals surface area contributed by atoms with Crippen LogP contribution in [0.1, 0.15) is 11.1 Å². The summed E-state index contributed by atoms with van der Waals surface area (Å²) in [6, 6.07) is 24.5. The number of benzene rings is 3. The van der Waals surface area contributed by atoms with Gasteiger partial charge < -0.3 is 10.0 Å². The van der Waals surface area contributed by atoms with Gasteiger partial charge in [0, 0.05) is 29.9 Å². The number of phenols is 1. The van der Waals surface area contributed by atoms with Crippen molar-refractivity contribution in [1.82, 2.24) is 0 Å². The number of phenolic OH excluding ortho intramolecular Hbond substituents is 1. The van der Waals surface area contributed by atoms with Crippen molar-refractivity contribution >= 4 is 24.9 Å². The second-order valence-electron chi connectivity index (χ2n) is 5.95. The summed E-state index contributed by atoms with van der Waals surface area (Å²) < 4.78 is 0. The maximum Gasteiger partial charge on any atom is 0.123 e. The smallest absolute Gasteiger partial charge is 0.123 e. The Kier molecular flexibility index (Phi) is 5.17. The van der Waals surface area contributed by atoms with Crippen molar-refractivity contribution in [2.24, 2.45) is 0 Å². The molecule has 1 atom stereocenters. The van der Waals surface area contributed by atoms with Crippen molar-refractivity contribution in [3.8, 4) is 5.75 Å². The van der Waals surface area contributed by atoms with Crippen LogP contribution in [-0.4, -0.2) is 12.2 Å². The van der Waals surface area contributed by atoms with Crippen molar-refractivity contribution in [2.45, 2.75) is 13.5 Å². The van der Waals surface area contributed by atoms with Gasteiger partial charge in [-0.1, -0.05) is 69.2 Å². The largest absolute Gasteiger partial charge is 0.507 e.